The molecule has 0 radical (unpaired) electrons. The second kappa shape index (κ2) is 6.27. The highest BCUT2D eigenvalue weighted by atomic mass is 16.5. The molecule has 2 aromatic rings. The predicted octanol–water partition coefficient (Wildman–Crippen LogP) is 3.57. The van der Waals surface area contributed by atoms with Crippen molar-refractivity contribution in [3.05, 3.63) is 48.3 Å². The van der Waals surface area contributed by atoms with Crippen LogP contribution in [0, 0.1) is 0 Å². The van der Waals surface area contributed by atoms with Gasteiger partial charge in [-0.15, -0.1) is 0 Å². The number of nitrogens with zero attached hydrogens (tertiary/aromatic N) is 2. The molecule has 0 unspecified atom stereocenters. The molecule has 3 rings (SSSR count). The lowest BCUT2D eigenvalue weighted by Gasteiger charge is -2.28. The van der Waals surface area contributed by atoms with Crippen molar-refractivity contribution >= 4 is 0 Å². The van der Waals surface area contributed by atoms with Crippen LogP contribution in [-0.2, 0) is 0 Å². The molecule has 2 heterocycles. The number of hydrogen-bond acceptors (Lipinski definition) is 3. The van der Waals surface area contributed by atoms with E-state index in [0.29, 0.717) is 5.92 Å². The number of piperidine rings is 1. The van der Waals surface area contributed by atoms with Crippen molar-refractivity contribution in [1.29, 1.82) is 0 Å². The molecule has 3 nitrogen and oxygen atoms in total. The van der Waals surface area contributed by atoms with Crippen LogP contribution >= 0.6 is 0 Å². The van der Waals surface area contributed by atoms with Crippen molar-refractivity contribution in [2.24, 2.45) is 0 Å². The van der Waals surface area contributed by atoms with Gasteiger partial charge in [-0.3, -0.25) is 4.98 Å². The molecule has 0 spiro atoms. The first-order valence-electron chi connectivity index (χ1n) is 7.56. The Morgan fingerprint density at radius 1 is 1.10 bits per heavy atom. The van der Waals surface area contributed by atoms with Gasteiger partial charge in [0, 0.05) is 28.9 Å². The number of aromatic nitrogens is 1. The monoisotopic (exact) mass is 282 g/mol. The standard InChI is InChI=1S/C18H22N2O/c1-20-11-9-14(10-12-20)17-8-7-15(13-19-17)16-5-3-4-6-18(16)21-2/h3-8,13-14H,9-12H2,1-2H3. The van der Waals surface area contributed by atoms with Crippen molar-refractivity contribution in [2.75, 3.05) is 27.2 Å². The molecule has 1 aliphatic rings. The number of rotatable bonds is 3. The number of benzene rings is 1. The van der Waals surface area contributed by atoms with Crippen molar-refractivity contribution in [3.8, 4) is 16.9 Å². The van der Waals surface area contributed by atoms with E-state index in [0.717, 1.165) is 16.9 Å². The first-order valence-corrected chi connectivity index (χ1v) is 7.56. The third-order valence-corrected chi connectivity index (χ3v) is 4.34. The summed E-state index contributed by atoms with van der Waals surface area (Å²) in [4.78, 5) is 7.09. The Balaban J connectivity index is 1.81. The second-order valence-corrected chi connectivity index (χ2v) is 5.75. The third kappa shape index (κ3) is 3.08. The van der Waals surface area contributed by atoms with Crippen molar-refractivity contribution in [1.82, 2.24) is 9.88 Å². The van der Waals surface area contributed by atoms with Gasteiger partial charge >= 0.3 is 0 Å². The Hall–Kier alpha value is -1.87. The zero-order valence-electron chi connectivity index (χ0n) is 12.7. The van der Waals surface area contributed by atoms with Crippen LogP contribution in [0.1, 0.15) is 24.5 Å². The van der Waals surface area contributed by atoms with Crippen LogP contribution in [0.4, 0.5) is 0 Å². The highest BCUT2D eigenvalue weighted by molar-refractivity contribution is 5.69. The van der Waals surface area contributed by atoms with Crippen LogP contribution in [0.3, 0.4) is 0 Å². The number of likely N-dealkylation sites (tertiary alicyclic amines) is 1. The minimum Gasteiger partial charge on any atom is -0.496 e. The molecule has 21 heavy (non-hydrogen) atoms. The quantitative estimate of drug-likeness (QED) is 0.860. The van der Waals surface area contributed by atoms with Gasteiger partial charge in [0.25, 0.3) is 0 Å². The number of methoxy groups -OCH3 is 1. The van der Waals surface area contributed by atoms with Crippen LogP contribution in [0.15, 0.2) is 42.6 Å². The maximum absolute atomic E-state index is 5.42. The average Bonchev–Trinajstić information content (AvgIpc) is 2.56. The predicted molar refractivity (Wildman–Crippen MR) is 85.7 cm³/mol. The van der Waals surface area contributed by atoms with Gasteiger partial charge in [0.1, 0.15) is 5.75 Å². The van der Waals surface area contributed by atoms with Crippen molar-refractivity contribution in [2.45, 2.75) is 18.8 Å². The smallest absolute Gasteiger partial charge is 0.126 e. The summed E-state index contributed by atoms with van der Waals surface area (Å²) in [7, 11) is 3.90. The SMILES string of the molecule is COc1ccccc1-c1ccc(C2CCN(C)CC2)nc1. The molecule has 0 amide bonds. The van der Waals surface area contributed by atoms with Gasteiger partial charge in [0.15, 0.2) is 0 Å². The van der Waals surface area contributed by atoms with Crippen LogP contribution in [0.2, 0.25) is 0 Å². The zero-order chi connectivity index (χ0) is 14.7. The van der Waals surface area contributed by atoms with Crippen molar-refractivity contribution in [3.63, 3.8) is 0 Å². The van der Waals surface area contributed by atoms with E-state index in [1.165, 1.54) is 31.6 Å². The summed E-state index contributed by atoms with van der Waals surface area (Å²) in [5.41, 5.74) is 3.44. The van der Waals surface area contributed by atoms with Gasteiger partial charge in [-0.2, -0.15) is 0 Å². The molecule has 1 aromatic carbocycles. The van der Waals surface area contributed by atoms with E-state index in [9.17, 15) is 0 Å². The summed E-state index contributed by atoms with van der Waals surface area (Å²) in [6.07, 6.45) is 4.39. The minimum atomic E-state index is 0.605. The maximum atomic E-state index is 5.42. The van der Waals surface area contributed by atoms with E-state index in [2.05, 4.69) is 30.1 Å². The van der Waals surface area contributed by atoms with Crippen LogP contribution in [0.5, 0.6) is 5.75 Å². The fourth-order valence-electron chi connectivity index (χ4n) is 2.99. The summed E-state index contributed by atoms with van der Waals surface area (Å²) in [6, 6.07) is 12.4. The fourth-order valence-corrected chi connectivity index (χ4v) is 2.99. The Kier molecular flexibility index (Phi) is 4.20. The normalized spacial score (nSPS) is 16.9. The molecule has 0 bridgehead atoms. The first-order chi connectivity index (χ1) is 10.3. The molecule has 1 aromatic heterocycles. The molecular formula is C18H22N2O. The van der Waals surface area contributed by atoms with Gasteiger partial charge < -0.3 is 9.64 Å². The summed E-state index contributed by atoms with van der Waals surface area (Å²) < 4.78 is 5.42. The largest absolute Gasteiger partial charge is 0.496 e. The van der Waals surface area contributed by atoms with Gasteiger partial charge in [-0.25, -0.2) is 0 Å². The van der Waals surface area contributed by atoms with Gasteiger partial charge in [-0.05, 0) is 45.1 Å². The van der Waals surface area contributed by atoms with Crippen molar-refractivity contribution < 1.29 is 4.74 Å². The van der Waals surface area contributed by atoms with Gasteiger partial charge in [0.2, 0.25) is 0 Å². The number of ether oxygens (including phenoxy) is 1. The van der Waals surface area contributed by atoms with Crippen LogP contribution in [0.25, 0.3) is 11.1 Å². The van der Waals surface area contributed by atoms with Gasteiger partial charge in [-0.1, -0.05) is 24.3 Å². The van der Waals surface area contributed by atoms with E-state index in [-0.39, 0.29) is 0 Å². The summed E-state index contributed by atoms with van der Waals surface area (Å²) in [5, 5.41) is 0. The number of hydrogen-bond donors (Lipinski definition) is 0. The highest BCUT2D eigenvalue weighted by Gasteiger charge is 2.19. The first kappa shape index (κ1) is 14.1. The zero-order valence-corrected chi connectivity index (χ0v) is 12.7. The summed E-state index contributed by atoms with van der Waals surface area (Å²) in [5.74, 6) is 1.50. The molecule has 1 fully saturated rings. The van der Waals surface area contributed by atoms with E-state index >= 15 is 0 Å². The lowest BCUT2D eigenvalue weighted by atomic mass is 9.93. The Morgan fingerprint density at radius 2 is 1.86 bits per heavy atom. The molecule has 0 aliphatic carbocycles. The van der Waals surface area contributed by atoms with Crippen LogP contribution < -0.4 is 4.74 Å². The number of pyridine rings is 1. The highest BCUT2D eigenvalue weighted by Crippen LogP contribution is 2.31. The lowest BCUT2D eigenvalue weighted by Crippen LogP contribution is -2.29. The van der Waals surface area contributed by atoms with E-state index in [1.807, 2.05) is 24.4 Å². The van der Waals surface area contributed by atoms with E-state index in [1.54, 1.807) is 7.11 Å². The molecule has 1 aliphatic heterocycles. The summed E-state index contributed by atoms with van der Waals surface area (Å²) in [6.45, 7) is 2.33. The molecule has 0 saturated carbocycles. The average molecular weight is 282 g/mol. The molecule has 0 atom stereocenters. The number of para-hydroxylation sites is 1. The minimum absolute atomic E-state index is 0.605. The molecule has 3 heteroatoms. The molecule has 110 valence electrons. The summed E-state index contributed by atoms with van der Waals surface area (Å²) >= 11 is 0. The van der Waals surface area contributed by atoms with Crippen LogP contribution in [-0.4, -0.2) is 37.1 Å². The van der Waals surface area contributed by atoms with E-state index in [4.69, 9.17) is 9.72 Å². The van der Waals surface area contributed by atoms with E-state index < -0.39 is 0 Å². The Bertz CT molecular complexity index is 586. The Labute approximate surface area is 126 Å². The fraction of sp³-hybridized carbons (Fsp3) is 0.389. The topological polar surface area (TPSA) is 25.4 Å². The Morgan fingerprint density at radius 3 is 2.52 bits per heavy atom. The second-order valence-electron chi connectivity index (χ2n) is 5.75. The third-order valence-electron chi connectivity index (χ3n) is 4.34. The van der Waals surface area contributed by atoms with Gasteiger partial charge in [0.05, 0.1) is 7.11 Å². The molecule has 0 N–H and O–H groups in total. The maximum Gasteiger partial charge on any atom is 0.126 e. The molecule has 1 saturated heterocycles. The molecular weight excluding hydrogens is 260 g/mol. The lowest BCUT2D eigenvalue weighted by molar-refractivity contribution is 0.253.